The van der Waals surface area contributed by atoms with Crippen LogP contribution in [-0.4, -0.2) is 32.0 Å². The highest BCUT2D eigenvalue weighted by Gasteiger charge is 2.28. The van der Waals surface area contributed by atoms with E-state index < -0.39 is 4.81 Å². The number of carbonyl (C=O) groups excluding carboxylic acids is 1. The summed E-state index contributed by atoms with van der Waals surface area (Å²) in [6.07, 6.45) is 1.61. The smallest absolute Gasteiger partial charge is 0.207 e. The Labute approximate surface area is 54.5 Å². The SMILES string of the molecule is CC[N+]([C]=O)(OC)OC. The summed E-state index contributed by atoms with van der Waals surface area (Å²) >= 11 is 0. The molecule has 0 spiro atoms. The predicted octanol–water partition coefficient (Wildman–Crippen LogP) is 0.0131. The van der Waals surface area contributed by atoms with Crippen LogP contribution in [0.4, 0.5) is 0 Å². The zero-order chi connectivity index (χ0) is 7.33. The van der Waals surface area contributed by atoms with E-state index in [0.29, 0.717) is 6.54 Å². The largest absolute Gasteiger partial charge is 0.514 e. The molecule has 0 unspecified atom stereocenters. The van der Waals surface area contributed by atoms with E-state index in [0.717, 1.165) is 0 Å². The molecule has 0 bridgehead atoms. The van der Waals surface area contributed by atoms with Crippen LogP contribution in [-0.2, 0) is 14.5 Å². The van der Waals surface area contributed by atoms with Crippen LogP contribution in [0.25, 0.3) is 0 Å². The Hall–Kier alpha value is -0.450. The van der Waals surface area contributed by atoms with Crippen molar-refractivity contribution in [2.45, 2.75) is 6.92 Å². The summed E-state index contributed by atoms with van der Waals surface area (Å²) in [5.74, 6) is 0. The van der Waals surface area contributed by atoms with Gasteiger partial charge in [0.1, 0.15) is 20.8 Å². The fraction of sp³-hybridized carbons (Fsp3) is 0.800. The van der Waals surface area contributed by atoms with E-state index in [4.69, 9.17) is 0 Å². The van der Waals surface area contributed by atoms with Crippen molar-refractivity contribution in [3.05, 3.63) is 0 Å². The van der Waals surface area contributed by atoms with E-state index in [1.165, 1.54) is 14.2 Å². The zero-order valence-corrected chi connectivity index (χ0v) is 5.88. The second-order valence-electron chi connectivity index (χ2n) is 1.45. The van der Waals surface area contributed by atoms with Crippen LogP contribution in [0.15, 0.2) is 0 Å². The van der Waals surface area contributed by atoms with Crippen molar-refractivity contribution in [1.29, 1.82) is 0 Å². The summed E-state index contributed by atoms with van der Waals surface area (Å²) in [4.78, 5) is 18.9. The molecule has 0 aliphatic carbocycles. The van der Waals surface area contributed by atoms with Crippen LogP contribution in [0.3, 0.4) is 0 Å². The average Bonchev–Trinajstić information content (AvgIpc) is 1.95. The molecule has 4 nitrogen and oxygen atoms in total. The molecule has 53 valence electrons. The highest BCUT2D eigenvalue weighted by molar-refractivity contribution is 5.36. The Balaban J connectivity index is 3.98. The third-order valence-corrected chi connectivity index (χ3v) is 1.15. The molecule has 0 saturated heterocycles. The Kier molecular flexibility index (Phi) is 3.37. The minimum Gasteiger partial charge on any atom is -0.207 e. The number of hydrogen-bond acceptors (Lipinski definition) is 3. The molecule has 0 fully saturated rings. The van der Waals surface area contributed by atoms with Crippen LogP contribution in [0.2, 0.25) is 0 Å². The quantitative estimate of drug-likeness (QED) is 0.400. The molecule has 0 heterocycles. The lowest BCUT2D eigenvalue weighted by atomic mass is 10.7. The Bertz CT molecular complexity index is 81.9. The molecular formula is C5H11NO3+. The first kappa shape index (κ1) is 8.55. The molecule has 1 radical (unpaired) electrons. The van der Waals surface area contributed by atoms with Crippen LogP contribution in [0.5, 0.6) is 0 Å². The standard InChI is InChI=1S/C5H11NO3/c1-4-6(5-7,8-2)9-3/h4H2,1-3H3/q+1. The van der Waals surface area contributed by atoms with Gasteiger partial charge in [0.25, 0.3) is 0 Å². The van der Waals surface area contributed by atoms with Crippen molar-refractivity contribution < 1.29 is 19.3 Å². The molecule has 9 heavy (non-hydrogen) atoms. The monoisotopic (exact) mass is 133 g/mol. The minimum absolute atomic E-state index is 0.413. The Morgan fingerprint density at radius 2 is 1.89 bits per heavy atom. The topological polar surface area (TPSA) is 35.5 Å². The lowest BCUT2D eigenvalue weighted by Crippen LogP contribution is -2.44. The molecule has 0 aliphatic rings. The highest BCUT2D eigenvalue weighted by Crippen LogP contribution is 2.00. The van der Waals surface area contributed by atoms with Crippen molar-refractivity contribution in [1.82, 2.24) is 0 Å². The number of hydrogen-bond donors (Lipinski definition) is 0. The van der Waals surface area contributed by atoms with Gasteiger partial charge in [0.15, 0.2) is 0 Å². The van der Waals surface area contributed by atoms with Crippen molar-refractivity contribution in [3.8, 4) is 0 Å². The highest BCUT2D eigenvalue weighted by atomic mass is 17.0. The molecule has 0 saturated carbocycles. The third-order valence-electron chi connectivity index (χ3n) is 1.15. The first-order chi connectivity index (χ1) is 4.24. The van der Waals surface area contributed by atoms with Crippen molar-refractivity contribution in [2.24, 2.45) is 0 Å². The van der Waals surface area contributed by atoms with Crippen LogP contribution < -0.4 is 0 Å². The number of nitrogens with zero attached hydrogens (tertiary/aromatic N) is 1. The van der Waals surface area contributed by atoms with Gasteiger partial charge in [-0.3, -0.25) is 0 Å². The Morgan fingerprint density at radius 3 is 1.89 bits per heavy atom. The molecule has 4 heteroatoms. The fourth-order valence-electron chi connectivity index (χ4n) is 0.472. The fourth-order valence-corrected chi connectivity index (χ4v) is 0.472. The average molecular weight is 133 g/mol. The number of amides is 1. The van der Waals surface area contributed by atoms with E-state index >= 15 is 0 Å². The molecular weight excluding hydrogens is 122 g/mol. The second-order valence-corrected chi connectivity index (χ2v) is 1.45. The minimum atomic E-state index is -0.528. The number of rotatable bonds is 4. The van der Waals surface area contributed by atoms with Crippen molar-refractivity contribution in [3.63, 3.8) is 0 Å². The van der Waals surface area contributed by atoms with Crippen LogP contribution in [0, 0.1) is 0 Å². The number of hydroxylamine groups is 4. The van der Waals surface area contributed by atoms with Crippen LogP contribution >= 0.6 is 0 Å². The van der Waals surface area contributed by atoms with Gasteiger partial charge in [0.2, 0.25) is 0 Å². The first-order valence-corrected chi connectivity index (χ1v) is 2.63. The van der Waals surface area contributed by atoms with Gasteiger partial charge in [-0.15, -0.1) is 0 Å². The summed E-state index contributed by atoms with van der Waals surface area (Å²) in [6, 6.07) is 0. The summed E-state index contributed by atoms with van der Waals surface area (Å²) in [7, 11) is 2.77. The lowest BCUT2D eigenvalue weighted by Gasteiger charge is -2.18. The van der Waals surface area contributed by atoms with Crippen molar-refractivity contribution >= 4 is 6.41 Å². The third kappa shape index (κ3) is 1.74. The molecule has 0 atom stereocenters. The van der Waals surface area contributed by atoms with E-state index in [9.17, 15) is 4.79 Å². The zero-order valence-electron chi connectivity index (χ0n) is 5.88. The van der Waals surface area contributed by atoms with Gasteiger partial charge in [-0.25, -0.2) is 4.79 Å². The lowest BCUT2D eigenvalue weighted by molar-refractivity contribution is -1.18. The van der Waals surface area contributed by atoms with Gasteiger partial charge >= 0.3 is 6.41 Å². The Morgan fingerprint density at radius 1 is 1.44 bits per heavy atom. The maximum absolute atomic E-state index is 10.1. The van der Waals surface area contributed by atoms with Gasteiger partial charge < -0.3 is 0 Å². The summed E-state index contributed by atoms with van der Waals surface area (Å²) in [6.45, 7) is 2.17. The molecule has 1 amide bonds. The maximum atomic E-state index is 10.1. The molecule has 0 aromatic rings. The van der Waals surface area contributed by atoms with E-state index in [1.54, 1.807) is 13.3 Å². The normalized spacial score (nSPS) is 11.4. The predicted molar refractivity (Wildman–Crippen MR) is 30.5 cm³/mol. The molecule has 0 aromatic heterocycles. The molecule has 0 rings (SSSR count). The first-order valence-electron chi connectivity index (χ1n) is 2.63. The summed E-state index contributed by atoms with van der Waals surface area (Å²) in [5, 5.41) is 0. The van der Waals surface area contributed by atoms with Crippen molar-refractivity contribution in [2.75, 3.05) is 20.8 Å². The molecule has 0 N–H and O–H groups in total. The van der Waals surface area contributed by atoms with Gasteiger partial charge in [0.05, 0.1) is 0 Å². The maximum Gasteiger partial charge on any atom is 0.514 e. The van der Waals surface area contributed by atoms with Gasteiger partial charge in [0, 0.05) is 4.81 Å². The molecule has 0 aliphatic heterocycles. The van der Waals surface area contributed by atoms with Crippen LogP contribution in [0.1, 0.15) is 6.92 Å². The van der Waals surface area contributed by atoms with E-state index in [-0.39, 0.29) is 0 Å². The second kappa shape index (κ2) is 3.55. The van der Waals surface area contributed by atoms with Gasteiger partial charge in [-0.1, -0.05) is 0 Å². The number of quaternary nitrogens is 1. The van der Waals surface area contributed by atoms with E-state index in [1.807, 2.05) is 0 Å². The summed E-state index contributed by atoms with van der Waals surface area (Å²) < 4.78 is 0. The van der Waals surface area contributed by atoms with Gasteiger partial charge in [-0.05, 0) is 6.92 Å². The van der Waals surface area contributed by atoms with E-state index in [2.05, 4.69) is 9.68 Å². The summed E-state index contributed by atoms with van der Waals surface area (Å²) in [5.41, 5.74) is 0. The molecule has 0 aromatic carbocycles. The van der Waals surface area contributed by atoms with Gasteiger partial charge in [-0.2, -0.15) is 9.68 Å².